The maximum atomic E-state index is 12.1. The fourth-order valence-corrected chi connectivity index (χ4v) is 1.77. The van der Waals surface area contributed by atoms with Crippen molar-refractivity contribution in [3.05, 3.63) is 71.3 Å². The Kier molecular flexibility index (Phi) is 3.68. The molecule has 0 aliphatic carbocycles. The first-order valence-corrected chi connectivity index (χ1v) is 5.95. The summed E-state index contributed by atoms with van der Waals surface area (Å²) in [5.41, 5.74) is 1.92. The van der Waals surface area contributed by atoms with Gasteiger partial charge in [0.15, 0.2) is 11.6 Å². The summed E-state index contributed by atoms with van der Waals surface area (Å²) in [4.78, 5) is 23.6. The lowest BCUT2D eigenvalue weighted by Crippen LogP contribution is -2.02. The van der Waals surface area contributed by atoms with E-state index in [2.05, 4.69) is 0 Å². The van der Waals surface area contributed by atoms with Gasteiger partial charge in [-0.3, -0.25) is 9.59 Å². The van der Waals surface area contributed by atoms with Crippen LogP contribution in [0.25, 0.3) is 0 Å². The van der Waals surface area contributed by atoms with Crippen molar-refractivity contribution in [2.24, 2.45) is 0 Å². The first-order chi connectivity index (χ1) is 8.72. The van der Waals surface area contributed by atoms with Gasteiger partial charge in [0.1, 0.15) is 0 Å². The molecule has 0 saturated carbocycles. The molecule has 0 saturated heterocycles. The van der Waals surface area contributed by atoms with Gasteiger partial charge in [0.2, 0.25) is 0 Å². The maximum Gasteiger partial charge on any atom is 0.193 e. The molecule has 0 atom stereocenters. The third-order valence-corrected chi connectivity index (χ3v) is 2.83. The zero-order valence-electron chi connectivity index (χ0n) is 10.2. The molecule has 2 heteroatoms. The SMILES string of the molecule is CCC(=O)c1ccc(C(=O)c2ccccc2)cc1. The van der Waals surface area contributed by atoms with Crippen LogP contribution in [-0.2, 0) is 0 Å². The van der Waals surface area contributed by atoms with Crippen LogP contribution in [0, 0.1) is 0 Å². The average Bonchev–Trinajstić information content (AvgIpc) is 2.47. The van der Waals surface area contributed by atoms with Gasteiger partial charge in [0.25, 0.3) is 0 Å². The van der Waals surface area contributed by atoms with Gasteiger partial charge in [0.05, 0.1) is 0 Å². The zero-order valence-corrected chi connectivity index (χ0v) is 10.2. The second-order valence-corrected chi connectivity index (χ2v) is 4.05. The van der Waals surface area contributed by atoms with Gasteiger partial charge in [-0.25, -0.2) is 0 Å². The highest BCUT2D eigenvalue weighted by atomic mass is 16.1. The van der Waals surface area contributed by atoms with Crippen LogP contribution in [0.15, 0.2) is 54.6 Å². The van der Waals surface area contributed by atoms with Crippen LogP contribution >= 0.6 is 0 Å². The summed E-state index contributed by atoms with van der Waals surface area (Å²) in [6, 6.07) is 15.9. The molecule has 0 aromatic heterocycles. The molecule has 0 aliphatic heterocycles. The number of carbonyl (C=O) groups is 2. The highest BCUT2D eigenvalue weighted by Crippen LogP contribution is 2.12. The van der Waals surface area contributed by atoms with Gasteiger partial charge in [-0.15, -0.1) is 0 Å². The Morgan fingerprint density at radius 3 is 1.83 bits per heavy atom. The number of hydrogen-bond donors (Lipinski definition) is 0. The van der Waals surface area contributed by atoms with Gasteiger partial charge >= 0.3 is 0 Å². The van der Waals surface area contributed by atoms with Crippen LogP contribution in [0.5, 0.6) is 0 Å². The van der Waals surface area contributed by atoms with E-state index >= 15 is 0 Å². The number of hydrogen-bond acceptors (Lipinski definition) is 2. The minimum absolute atomic E-state index is 0.0221. The summed E-state index contributed by atoms with van der Waals surface area (Å²) in [6.45, 7) is 1.82. The maximum absolute atomic E-state index is 12.1. The Morgan fingerprint density at radius 1 is 0.778 bits per heavy atom. The summed E-state index contributed by atoms with van der Waals surface area (Å²) in [7, 11) is 0. The minimum Gasteiger partial charge on any atom is -0.294 e. The predicted molar refractivity (Wildman–Crippen MR) is 70.9 cm³/mol. The third-order valence-electron chi connectivity index (χ3n) is 2.83. The topological polar surface area (TPSA) is 34.1 Å². The Morgan fingerprint density at radius 2 is 1.28 bits per heavy atom. The van der Waals surface area contributed by atoms with Crippen molar-refractivity contribution in [2.75, 3.05) is 0 Å². The lowest BCUT2D eigenvalue weighted by atomic mass is 10.0. The first kappa shape index (κ1) is 12.2. The summed E-state index contributed by atoms with van der Waals surface area (Å²) in [5, 5.41) is 0. The van der Waals surface area contributed by atoms with E-state index < -0.39 is 0 Å². The van der Waals surface area contributed by atoms with Gasteiger partial charge < -0.3 is 0 Å². The van der Waals surface area contributed by atoms with Crippen LogP contribution < -0.4 is 0 Å². The van der Waals surface area contributed by atoms with E-state index in [0.29, 0.717) is 23.1 Å². The second-order valence-electron chi connectivity index (χ2n) is 4.05. The number of carbonyl (C=O) groups excluding carboxylic acids is 2. The summed E-state index contributed by atoms with van der Waals surface area (Å²) >= 11 is 0. The molecule has 0 N–H and O–H groups in total. The largest absolute Gasteiger partial charge is 0.294 e. The number of benzene rings is 2. The standard InChI is InChI=1S/C16H14O2/c1-2-15(17)12-8-10-14(11-9-12)16(18)13-6-4-3-5-7-13/h3-11H,2H2,1H3. The number of Topliss-reactive ketones (excluding diaryl/α,β-unsaturated/α-hetero) is 1. The molecule has 2 aromatic carbocycles. The van der Waals surface area contributed by atoms with E-state index in [9.17, 15) is 9.59 Å². The fraction of sp³-hybridized carbons (Fsp3) is 0.125. The van der Waals surface area contributed by atoms with E-state index in [-0.39, 0.29) is 11.6 Å². The predicted octanol–water partition coefficient (Wildman–Crippen LogP) is 3.51. The molecule has 18 heavy (non-hydrogen) atoms. The van der Waals surface area contributed by atoms with Gasteiger partial charge in [-0.05, 0) is 0 Å². The summed E-state index contributed by atoms with van der Waals surface area (Å²) < 4.78 is 0. The molecule has 2 aromatic rings. The second kappa shape index (κ2) is 5.41. The van der Waals surface area contributed by atoms with Crippen molar-refractivity contribution < 1.29 is 9.59 Å². The van der Waals surface area contributed by atoms with Crippen LogP contribution in [0.2, 0.25) is 0 Å². The molecule has 0 heterocycles. The van der Waals surface area contributed by atoms with E-state index in [1.807, 2.05) is 25.1 Å². The van der Waals surface area contributed by atoms with Gasteiger partial charge in [-0.1, -0.05) is 61.5 Å². The molecule has 0 spiro atoms. The first-order valence-electron chi connectivity index (χ1n) is 5.95. The highest BCUT2D eigenvalue weighted by Gasteiger charge is 2.09. The van der Waals surface area contributed by atoms with Crippen LogP contribution in [0.1, 0.15) is 39.6 Å². The lowest BCUT2D eigenvalue weighted by molar-refractivity contribution is 0.0985. The van der Waals surface area contributed by atoms with Crippen LogP contribution in [-0.4, -0.2) is 11.6 Å². The van der Waals surface area contributed by atoms with Gasteiger partial charge in [-0.2, -0.15) is 0 Å². The van der Waals surface area contributed by atoms with E-state index in [0.717, 1.165) is 0 Å². The molecule has 2 nitrogen and oxygen atoms in total. The molecular formula is C16H14O2. The van der Waals surface area contributed by atoms with Crippen LogP contribution in [0.3, 0.4) is 0 Å². The Hall–Kier alpha value is -2.22. The Bertz CT molecular complexity index is 553. The smallest absolute Gasteiger partial charge is 0.193 e. The Balaban J connectivity index is 2.25. The molecule has 0 radical (unpaired) electrons. The average molecular weight is 238 g/mol. The van der Waals surface area contributed by atoms with Gasteiger partial charge in [0, 0.05) is 23.1 Å². The van der Waals surface area contributed by atoms with E-state index in [1.165, 1.54) is 0 Å². The minimum atomic E-state index is -0.0221. The fourth-order valence-electron chi connectivity index (χ4n) is 1.77. The van der Waals surface area contributed by atoms with Crippen molar-refractivity contribution in [3.63, 3.8) is 0 Å². The molecule has 0 aliphatic rings. The molecule has 0 unspecified atom stereocenters. The molecule has 0 fully saturated rings. The molecular weight excluding hydrogens is 224 g/mol. The van der Waals surface area contributed by atoms with Crippen molar-refractivity contribution in [2.45, 2.75) is 13.3 Å². The molecule has 2 rings (SSSR count). The molecule has 0 bridgehead atoms. The quantitative estimate of drug-likeness (QED) is 0.764. The van der Waals surface area contributed by atoms with E-state index in [4.69, 9.17) is 0 Å². The summed E-state index contributed by atoms with van der Waals surface area (Å²) in [6.07, 6.45) is 0.478. The van der Waals surface area contributed by atoms with Crippen molar-refractivity contribution in [1.82, 2.24) is 0 Å². The Labute approximate surface area is 106 Å². The third kappa shape index (κ3) is 2.54. The molecule has 90 valence electrons. The molecule has 0 amide bonds. The normalized spacial score (nSPS) is 10.1. The zero-order chi connectivity index (χ0) is 13.0. The monoisotopic (exact) mass is 238 g/mol. The number of rotatable bonds is 4. The van der Waals surface area contributed by atoms with Crippen molar-refractivity contribution in [1.29, 1.82) is 0 Å². The van der Waals surface area contributed by atoms with E-state index in [1.54, 1.807) is 36.4 Å². The highest BCUT2D eigenvalue weighted by molar-refractivity contribution is 6.09. The number of ketones is 2. The van der Waals surface area contributed by atoms with Crippen LogP contribution in [0.4, 0.5) is 0 Å². The summed E-state index contributed by atoms with van der Waals surface area (Å²) in [5.74, 6) is 0.0693. The van der Waals surface area contributed by atoms with Crippen molar-refractivity contribution in [3.8, 4) is 0 Å². The lowest BCUT2D eigenvalue weighted by Gasteiger charge is -2.02. The van der Waals surface area contributed by atoms with Crippen molar-refractivity contribution >= 4 is 11.6 Å².